The van der Waals surface area contributed by atoms with Crippen molar-refractivity contribution in [2.45, 2.75) is 30.8 Å². The number of hydrogen-bond acceptors (Lipinski definition) is 4. The topological polar surface area (TPSA) is 91.2 Å². The first kappa shape index (κ1) is 15.2. The molecular weight excluding hydrogens is 252 g/mol. The molecule has 1 aromatic rings. The van der Waals surface area contributed by atoms with Gasteiger partial charge in [0.25, 0.3) is 0 Å². The van der Waals surface area contributed by atoms with Crippen LogP contribution in [0.3, 0.4) is 0 Å². The van der Waals surface area contributed by atoms with Crippen molar-refractivity contribution in [2.24, 2.45) is 5.73 Å². The van der Waals surface area contributed by atoms with Crippen LogP contribution in [0.5, 0.6) is 0 Å². The van der Waals surface area contributed by atoms with Crippen LogP contribution in [0, 0.1) is 0 Å². The third-order valence-electron chi connectivity index (χ3n) is 2.61. The Hall–Kier alpha value is -0.890. The summed E-state index contributed by atoms with van der Waals surface area (Å²) in [6.45, 7) is 2.99. The molecule has 0 spiro atoms. The zero-order chi connectivity index (χ0) is 13.8. The molecule has 18 heavy (non-hydrogen) atoms. The molecule has 0 saturated heterocycles. The quantitative estimate of drug-likeness (QED) is 0.657. The van der Waals surface area contributed by atoms with E-state index in [9.17, 15) is 8.42 Å². The molecule has 104 valence electrons. The minimum atomic E-state index is -3.45. The van der Waals surface area contributed by atoms with Crippen LogP contribution in [0.25, 0.3) is 0 Å². The third-order valence-corrected chi connectivity index (χ3v) is 4.18. The Morgan fingerprint density at radius 1 is 1.50 bits per heavy atom. The van der Waals surface area contributed by atoms with Gasteiger partial charge in [0.2, 0.25) is 10.0 Å². The molecule has 0 saturated carbocycles. The van der Waals surface area contributed by atoms with E-state index in [0.717, 1.165) is 13.0 Å². The van der Waals surface area contributed by atoms with Crippen LogP contribution >= 0.6 is 0 Å². The van der Waals surface area contributed by atoms with E-state index in [2.05, 4.69) is 9.71 Å². The minimum Gasteiger partial charge on any atom is -0.363 e. The van der Waals surface area contributed by atoms with Gasteiger partial charge in [-0.05, 0) is 40.1 Å². The van der Waals surface area contributed by atoms with Crippen molar-refractivity contribution in [3.05, 3.63) is 18.0 Å². The van der Waals surface area contributed by atoms with E-state index < -0.39 is 10.0 Å². The fraction of sp³-hybridized carbons (Fsp3) is 0.636. The summed E-state index contributed by atoms with van der Waals surface area (Å²) in [4.78, 5) is 5.09. The summed E-state index contributed by atoms with van der Waals surface area (Å²) in [6.07, 6.45) is 2.23. The van der Waals surface area contributed by atoms with Gasteiger partial charge in [0.05, 0.1) is 4.90 Å². The maximum Gasteiger partial charge on any atom is 0.242 e. The van der Waals surface area contributed by atoms with Crippen LogP contribution < -0.4 is 10.5 Å². The van der Waals surface area contributed by atoms with Gasteiger partial charge in [-0.2, -0.15) is 0 Å². The number of sulfonamides is 1. The Kier molecular flexibility index (Phi) is 5.33. The fourth-order valence-electron chi connectivity index (χ4n) is 1.54. The van der Waals surface area contributed by atoms with Crippen molar-refractivity contribution >= 4 is 10.0 Å². The first-order chi connectivity index (χ1) is 8.35. The molecule has 1 unspecified atom stereocenters. The van der Waals surface area contributed by atoms with Crippen molar-refractivity contribution in [1.29, 1.82) is 0 Å². The number of nitrogens with zero attached hydrogens (tertiary/aromatic N) is 1. The Morgan fingerprint density at radius 2 is 2.17 bits per heavy atom. The van der Waals surface area contributed by atoms with E-state index in [1.165, 1.54) is 6.20 Å². The summed E-state index contributed by atoms with van der Waals surface area (Å²) < 4.78 is 26.7. The van der Waals surface area contributed by atoms with E-state index in [1.54, 1.807) is 6.07 Å². The summed E-state index contributed by atoms with van der Waals surface area (Å²) in [7, 11) is 0.466. The van der Waals surface area contributed by atoms with Crippen molar-refractivity contribution in [3.8, 4) is 0 Å². The van der Waals surface area contributed by atoms with E-state index in [-0.39, 0.29) is 10.9 Å². The lowest BCUT2D eigenvalue weighted by atomic mass is 10.2. The number of aromatic nitrogens is 1. The average Bonchev–Trinajstić information content (AvgIpc) is 2.75. The average molecular weight is 274 g/mol. The SMILES string of the molecule is CC(CCN(C)C)NS(=O)(=O)c1c[nH]c(CN)c1. The summed E-state index contributed by atoms with van der Waals surface area (Å²) in [6, 6.07) is 1.45. The largest absolute Gasteiger partial charge is 0.363 e. The lowest BCUT2D eigenvalue weighted by Crippen LogP contribution is -2.34. The highest BCUT2D eigenvalue weighted by molar-refractivity contribution is 7.89. The van der Waals surface area contributed by atoms with Gasteiger partial charge in [-0.1, -0.05) is 0 Å². The van der Waals surface area contributed by atoms with E-state index in [1.807, 2.05) is 25.9 Å². The lowest BCUT2D eigenvalue weighted by molar-refractivity contribution is 0.379. The molecule has 0 amide bonds. The molecule has 0 aliphatic heterocycles. The molecule has 0 fully saturated rings. The van der Waals surface area contributed by atoms with Gasteiger partial charge in [-0.25, -0.2) is 13.1 Å². The van der Waals surface area contributed by atoms with Crippen molar-refractivity contribution < 1.29 is 8.42 Å². The second-order valence-corrected chi connectivity index (χ2v) is 6.39. The second-order valence-electron chi connectivity index (χ2n) is 4.68. The van der Waals surface area contributed by atoms with Gasteiger partial charge in [0.15, 0.2) is 0 Å². The number of H-pyrrole nitrogens is 1. The van der Waals surface area contributed by atoms with Gasteiger partial charge >= 0.3 is 0 Å². The molecule has 4 N–H and O–H groups in total. The van der Waals surface area contributed by atoms with Crippen LogP contribution in [0.2, 0.25) is 0 Å². The van der Waals surface area contributed by atoms with Crippen molar-refractivity contribution in [3.63, 3.8) is 0 Å². The molecule has 1 atom stereocenters. The maximum absolute atomic E-state index is 12.0. The molecule has 7 heteroatoms. The van der Waals surface area contributed by atoms with E-state index in [4.69, 9.17) is 5.73 Å². The second kappa shape index (κ2) is 6.33. The van der Waals surface area contributed by atoms with Crippen LogP contribution in [0.4, 0.5) is 0 Å². The van der Waals surface area contributed by atoms with Crippen LogP contribution in [0.1, 0.15) is 19.0 Å². The van der Waals surface area contributed by atoms with Gasteiger partial charge < -0.3 is 15.6 Å². The van der Waals surface area contributed by atoms with E-state index >= 15 is 0 Å². The number of nitrogens with one attached hydrogen (secondary N) is 2. The standard InChI is InChI=1S/C11H22N4O2S/c1-9(4-5-15(2)3)14-18(16,17)11-6-10(7-12)13-8-11/h6,8-9,13-14H,4-5,7,12H2,1-3H3. The number of hydrogen-bond donors (Lipinski definition) is 3. The Labute approximate surface area is 109 Å². The molecule has 0 bridgehead atoms. The highest BCUT2D eigenvalue weighted by Crippen LogP contribution is 2.11. The Balaban J connectivity index is 2.64. The first-order valence-corrected chi connectivity index (χ1v) is 7.38. The van der Waals surface area contributed by atoms with Gasteiger partial charge in [0, 0.05) is 24.5 Å². The lowest BCUT2D eigenvalue weighted by Gasteiger charge is -2.16. The number of rotatable bonds is 7. The van der Waals surface area contributed by atoms with Crippen LogP contribution in [0.15, 0.2) is 17.2 Å². The zero-order valence-electron chi connectivity index (χ0n) is 11.1. The monoisotopic (exact) mass is 274 g/mol. The molecule has 1 rings (SSSR count). The van der Waals surface area contributed by atoms with Crippen LogP contribution in [-0.2, 0) is 16.6 Å². The summed E-state index contributed by atoms with van der Waals surface area (Å²) in [5.41, 5.74) is 6.14. The normalized spacial score (nSPS) is 14.1. The Bertz CT molecular complexity index is 467. The number of nitrogens with two attached hydrogens (primary N) is 1. The highest BCUT2D eigenvalue weighted by Gasteiger charge is 2.18. The van der Waals surface area contributed by atoms with E-state index in [0.29, 0.717) is 12.2 Å². The van der Waals surface area contributed by atoms with Crippen molar-refractivity contribution in [1.82, 2.24) is 14.6 Å². The molecule has 0 radical (unpaired) electrons. The fourth-order valence-corrected chi connectivity index (χ4v) is 2.83. The predicted molar refractivity (Wildman–Crippen MR) is 71.6 cm³/mol. The van der Waals surface area contributed by atoms with Gasteiger partial charge in [0.1, 0.15) is 0 Å². The molecule has 1 aromatic heterocycles. The first-order valence-electron chi connectivity index (χ1n) is 5.89. The summed E-state index contributed by atoms with van der Waals surface area (Å²) in [5, 5.41) is 0. The minimum absolute atomic E-state index is 0.103. The number of aromatic amines is 1. The van der Waals surface area contributed by atoms with Gasteiger partial charge in [-0.15, -0.1) is 0 Å². The Morgan fingerprint density at radius 3 is 2.67 bits per heavy atom. The predicted octanol–water partition coefficient (Wildman–Crippen LogP) is 0.0919. The molecule has 6 nitrogen and oxygen atoms in total. The molecule has 1 heterocycles. The van der Waals surface area contributed by atoms with Crippen LogP contribution in [-0.4, -0.2) is 45.0 Å². The van der Waals surface area contributed by atoms with Gasteiger partial charge in [-0.3, -0.25) is 0 Å². The highest BCUT2D eigenvalue weighted by atomic mass is 32.2. The van der Waals surface area contributed by atoms with Crippen molar-refractivity contribution in [2.75, 3.05) is 20.6 Å². The maximum atomic E-state index is 12.0. The molecular formula is C11H22N4O2S. The zero-order valence-corrected chi connectivity index (χ0v) is 11.9. The summed E-state index contributed by atoms with van der Waals surface area (Å²) >= 11 is 0. The molecule has 0 aromatic carbocycles. The third kappa shape index (κ3) is 4.41. The molecule has 0 aliphatic carbocycles. The smallest absolute Gasteiger partial charge is 0.242 e. The molecule has 0 aliphatic rings. The summed E-state index contributed by atoms with van der Waals surface area (Å²) in [5.74, 6) is 0.